The molecule has 1 amide bonds. The van der Waals surface area contributed by atoms with E-state index in [-0.39, 0.29) is 18.6 Å². The predicted octanol–water partition coefficient (Wildman–Crippen LogP) is 2.30. The molecule has 0 spiro atoms. The highest BCUT2D eigenvalue weighted by Gasteiger charge is 2.48. The van der Waals surface area contributed by atoms with E-state index in [1.54, 1.807) is 25.4 Å². The summed E-state index contributed by atoms with van der Waals surface area (Å²) in [6, 6.07) is 8.14. The number of thiazole rings is 1. The molecule has 2 aromatic rings. The van der Waals surface area contributed by atoms with Crippen LogP contribution in [0.25, 0.3) is 0 Å². The SMILES string of the molecule is COc1ccc([C@H]2[C@@H]3CN(c4nc(CO)cs4)C[C@@H]3CN2C(C)=O)cc1. The van der Waals surface area contributed by atoms with E-state index in [1.807, 2.05) is 22.4 Å². The zero-order valence-corrected chi connectivity index (χ0v) is 15.8. The lowest BCUT2D eigenvalue weighted by molar-refractivity contribution is -0.130. The van der Waals surface area contributed by atoms with E-state index < -0.39 is 0 Å². The highest BCUT2D eigenvalue weighted by molar-refractivity contribution is 7.13. The molecular weight excluding hydrogens is 350 g/mol. The average molecular weight is 373 g/mol. The van der Waals surface area contributed by atoms with Crippen LogP contribution in [-0.4, -0.2) is 47.6 Å². The fraction of sp³-hybridized carbons (Fsp3) is 0.474. The summed E-state index contributed by atoms with van der Waals surface area (Å²) in [4.78, 5) is 21.0. The summed E-state index contributed by atoms with van der Waals surface area (Å²) in [7, 11) is 1.66. The predicted molar refractivity (Wildman–Crippen MR) is 100 cm³/mol. The summed E-state index contributed by atoms with van der Waals surface area (Å²) in [5, 5.41) is 12.1. The van der Waals surface area contributed by atoms with E-state index in [1.165, 1.54) is 0 Å². The number of likely N-dealkylation sites (tertiary alicyclic amines) is 1. The third-order valence-electron chi connectivity index (χ3n) is 5.50. The normalized spacial score (nSPS) is 24.8. The van der Waals surface area contributed by atoms with Crippen LogP contribution in [0.4, 0.5) is 5.13 Å². The van der Waals surface area contributed by atoms with E-state index >= 15 is 0 Å². The zero-order chi connectivity index (χ0) is 18.3. The van der Waals surface area contributed by atoms with E-state index in [4.69, 9.17) is 4.74 Å². The summed E-state index contributed by atoms with van der Waals surface area (Å²) in [6.07, 6.45) is 0. The van der Waals surface area contributed by atoms with E-state index in [0.29, 0.717) is 11.8 Å². The van der Waals surface area contributed by atoms with Gasteiger partial charge in [0.15, 0.2) is 5.13 Å². The summed E-state index contributed by atoms with van der Waals surface area (Å²) >= 11 is 1.58. The van der Waals surface area contributed by atoms with Crippen LogP contribution in [-0.2, 0) is 11.4 Å². The first-order chi connectivity index (χ1) is 12.6. The van der Waals surface area contributed by atoms with Crippen LogP contribution in [0, 0.1) is 11.8 Å². The van der Waals surface area contributed by atoms with Crippen LogP contribution in [0.3, 0.4) is 0 Å². The maximum atomic E-state index is 12.2. The zero-order valence-electron chi connectivity index (χ0n) is 15.0. The van der Waals surface area contributed by atoms with E-state index in [0.717, 1.165) is 41.8 Å². The molecule has 1 N–H and O–H groups in total. The van der Waals surface area contributed by atoms with Crippen LogP contribution >= 0.6 is 11.3 Å². The largest absolute Gasteiger partial charge is 0.497 e. The number of rotatable bonds is 4. The van der Waals surface area contributed by atoms with E-state index in [9.17, 15) is 9.90 Å². The molecule has 0 aliphatic carbocycles. The summed E-state index contributed by atoms with van der Waals surface area (Å²) < 4.78 is 5.26. The van der Waals surface area contributed by atoms with Crippen LogP contribution < -0.4 is 9.64 Å². The molecule has 138 valence electrons. The van der Waals surface area contributed by atoms with Gasteiger partial charge in [-0.25, -0.2) is 4.98 Å². The third-order valence-corrected chi connectivity index (χ3v) is 6.45. The number of anilines is 1. The van der Waals surface area contributed by atoms with Crippen molar-refractivity contribution in [2.45, 2.75) is 19.6 Å². The van der Waals surface area contributed by atoms with Crippen molar-refractivity contribution in [3.63, 3.8) is 0 Å². The third kappa shape index (κ3) is 2.95. The fourth-order valence-corrected chi connectivity index (χ4v) is 5.10. The molecule has 3 atom stereocenters. The van der Waals surface area contributed by atoms with Crippen molar-refractivity contribution >= 4 is 22.4 Å². The number of hydrogen-bond donors (Lipinski definition) is 1. The van der Waals surface area contributed by atoms with Gasteiger partial charge in [-0.2, -0.15) is 0 Å². The number of amides is 1. The number of nitrogens with zero attached hydrogens (tertiary/aromatic N) is 3. The van der Waals surface area contributed by atoms with Crippen molar-refractivity contribution in [3.05, 3.63) is 40.9 Å². The number of aliphatic hydroxyl groups excluding tert-OH is 1. The van der Waals surface area contributed by atoms with Crippen LogP contribution in [0.1, 0.15) is 24.2 Å². The fourth-order valence-electron chi connectivity index (χ4n) is 4.27. The number of hydrogen-bond acceptors (Lipinski definition) is 6. The van der Waals surface area contributed by atoms with Gasteiger partial charge in [-0.3, -0.25) is 4.79 Å². The number of benzene rings is 1. The highest BCUT2D eigenvalue weighted by atomic mass is 32.1. The Balaban J connectivity index is 1.59. The Morgan fingerprint density at radius 1 is 1.31 bits per heavy atom. The second kappa shape index (κ2) is 6.89. The van der Waals surface area contributed by atoms with Gasteiger partial charge in [-0.05, 0) is 17.7 Å². The van der Waals surface area contributed by atoms with Gasteiger partial charge in [0, 0.05) is 43.8 Å². The topological polar surface area (TPSA) is 65.9 Å². The van der Waals surface area contributed by atoms with Gasteiger partial charge in [-0.1, -0.05) is 12.1 Å². The molecule has 7 heteroatoms. The molecule has 1 aromatic carbocycles. The molecule has 0 unspecified atom stereocenters. The number of ether oxygens (including phenoxy) is 1. The minimum Gasteiger partial charge on any atom is -0.497 e. The standard InChI is InChI=1S/C19H23N3O3S/c1-12(24)22-8-14-7-21(19-20-15(10-23)11-26-19)9-17(14)18(22)13-3-5-16(25-2)6-4-13/h3-6,11,14,17-18,23H,7-10H2,1-2H3/t14-,17-,18+/m1/s1. The number of aliphatic hydroxyl groups is 1. The van der Waals surface area contributed by atoms with Gasteiger partial charge in [0.05, 0.1) is 25.5 Å². The molecule has 4 rings (SSSR count). The van der Waals surface area contributed by atoms with Gasteiger partial charge < -0.3 is 19.6 Å². The number of carbonyl (C=O) groups is 1. The first-order valence-corrected chi connectivity index (χ1v) is 9.70. The second-order valence-corrected chi connectivity index (χ2v) is 7.83. The second-order valence-electron chi connectivity index (χ2n) is 7.00. The smallest absolute Gasteiger partial charge is 0.219 e. The Bertz CT molecular complexity index is 792. The maximum Gasteiger partial charge on any atom is 0.219 e. The molecule has 0 saturated carbocycles. The van der Waals surface area contributed by atoms with Crippen molar-refractivity contribution < 1.29 is 14.6 Å². The molecule has 1 aromatic heterocycles. The van der Waals surface area contributed by atoms with Crippen molar-refractivity contribution in [3.8, 4) is 5.75 Å². The van der Waals surface area contributed by atoms with Gasteiger partial charge in [-0.15, -0.1) is 11.3 Å². The Kier molecular flexibility index (Phi) is 4.58. The molecule has 2 aliphatic rings. The number of methoxy groups -OCH3 is 1. The minimum atomic E-state index is -0.0240. The van der Waals surface area contributed by atoms with Gasteiger partial charge in [0.25, 0.3) is 0 Å². The summed E-state index contributed by atoms with van der Waals surface area (Å²) in [6.45, 7) is 4.20. The van der Waals surface area contributed by atoms with Gasteiger partial charge in [0.1, 0.15) is 5.75 Å². The minimum absolute atomic E-state index is 0.0240. The quantitative estimate of drug-likeness (QED) is 0.891. The number of carbonyl (C=O) groups excluding carboxylic acids is 1. The van der Waals surface area contributed by atoms with Crippen molar-refractivity contribution in [1.29, 1.82) is 0 Å². The molecule has 2 aliphatic heterocycles. The van der Waals surface area contributed by atoms with Crippen LogP contribution in [0.5, 0.6) is 5.75 Å². The van der Waals surface area contributed by atoms with Gasteiger partial charge >= 0.3 is 0 Å². The average Bonchev–Trinajstić information content (AvgIpc) is 3.35. The molecular formula is C19H23N3O3S. The lowest BCUT2D eigenvalue weighted by atomic mass is 9.89. The van der Waals surface area contributed by atoms with Crippen LogP contribution in [0.2, 0.25) is 0 Å². The number of aromatic nitrogens is 1. The first kappa shape index (κ1) is 17.3. The Morgan fingerprint density at radius 3 is 2.69 bits per heavy atom. The Morgan fingerprint density at radius 2 is 2.08 bits per heavy atom. The Labute approximate surface area is 157 Å². The molecule has 0 bridgehead atoms. The summed E-state index contributed by atoms with van der Waals surface area (Å²) in [5.74, 6) is 1.77. The first-order valence-electron chi connectivity index (χ1n) is 8.82. The lowest BCUT2D eigenvalue weighted by Gasteiger charge is -2.29. The molecule has 6 nitrogen and oxygen atoms in total. The molecule has 3 heterocycles. The molecule has 26 heavy (non-hydrogen) atoms. The van der Waals surface area contributed by atoms with Crippen LogP contribution in [0.15, 0.2) is 29.6 Å². The Hall–Kier alpha value is -2.12. The molecule has 2 saturated heterocycles. The van der Waals surface area contributed by atoms with Crippen molar-refractivity contribution in [1.82, 2.24) is 9.88 Å². The summed E-state index contributed by atoms with van der Waals surface area (Å²) in [5.41, 5.74) is 1.88. The monoisotopic (exact) mass is 373 g/mol. The number of fused-ring (bicyclic) bond motifs is 1. The van der Waals surface area contributed by atoms with Crippen molar-refractivity contribution in [2.75, 3.05) is 31.6 Å². The van der Waals surface area contributed by atoms with E-state index in [2.05, 4.69) is 22.0 Å². The van der Waals surface area contributed by atoms with Gasteiger partial charge in [0.2, 0.25) is 5.91 Å². The molecule has 0 radical (unpaired) electrons. The highest BCUT2D eigenvalue weighted by Crippen LogP contribution is 2.46. The maximum absolute atomic E-state index is 12.2. The molecule has 2 fully saturated rings. The lowest BCUT2D eigenvalue weighted by Crippen LogP contribution is -2.34. The van der Waals surface area contributed by atoms with Crippen molar-refractivity contribution in [2.24, 2.45) is 11.8 Å².